The molecule has 1 aliphatic heterocycles. The van der Waals surface area contributed by atoms with Crippen LogP contribution in [-0.2, 0) is 43.6 Å². The van der Waals surface area contributed by atoms with Crippen molar-refractivity contribution in [1.29, 1.82) is 0 Å². The van der Waals surface area contributed by atoms with Crippen molar-refractivity contribution in [3.63, 3.8) is 0 Å². The molecule has 13 nitrogen and oxygen atoms in total. The monoisotopic (exact) mass is 743 g/mol. The molecule has 0 bridgehead atoms. The molecule has 1 unspecified atom stereocenters. The van der Waals surface area contributed by atoms with Crippen LogP contribution in [0.25, 0.3) is 0 Å². The molecule has 1 aromatic carbocycles. The van der Waals surface area contributed by atoms with E-state index >= 15 is 0 Å². The fourth-order valence-corrected chi connectivity index (χ4v) is 7.83. The van der Waals surface area contributed by atoms with Gasteiger partial charge in [0.25, 0.3) is 0 Å². The predicted molar refractivity (Wildman–Crippen MR) is 202 cm³/mol. The zero-order valence-electron chi connectivity index (χ0n) is 33.8. The van der Waals surface area contributed by atoms with Crippen molar-refractivity contribution < 1.29 is 38.2 Å². The molecule has 298 valence electrons. The number of likely N-dealkylation sites (N-methyl/N-ethyl adjacent to an activating group) is 1. The van der Waals surface area contributed by atoms with Crippen molar-refractivity contribution in [3.05, 3.63) is 35.9 Å². The van der Waals surface area contributed by atoms with Gasteiger partial charge in [0.1, 0.15) is 12.1 Å². The molecule has 13 heteroatoms. The zero-order chi connectivity index (χ0) is 39.8. The summed E-state index contributed by atoms with van der Waals surface area (Å²) < 4.78 is 17.1. The second-order valence-electron chi connectivity index (χ2n) is 16.0. The summed E-state index contributed by atoms with van der Waals surface area (Å²) in [5, 5.41) is 5.83. The van der Waals surface area contributed by atoms with Crippen molar-refractivity contribution in [2.75, 3.05) is 34.9 Å². The Morgan fingerprint density at radius 1 is 1.00 bits per heavy atom. The lowest BCUT2D eigenvalue weighted by Crippen LogP contribution is -2.60. The molecule has 1 aromatic rings. The standard InChI is InChI=1S/C40H65N5O8/c1-12-25(4)32(44(8)36(48)31(24(2)3)42-38(50)39(6,7)41)29(51-9)23-30(46)45-22-16-19-28(45)33(52-10)26(5)35(47)43-34(37(49)53-11)40(20-21-40)27-17-14-13-15-18-27/h13-15,17-18,24-26,28-29,31-34H,12,16,19-23,41H2,1-11H3,(H,42,50)(H,43,47)/t25-,26?,28-,29+,31-,32-,33+,34+/m0/s1. The Balaban J connectivity index is 1.80. The van der Waals surface area contributed by atoms with Gasteiger partial charge in [0.2, 0.25) is 23.6 Å². The second kappa shape index (κ2) is 18.7. The van der Waals surface area contributed by atoms with Gasteiger partial charge < -0.3 is 40.4 Å². The summed E-state index contributed by atoms with van der Waals surface area (Å²) in [5.41, 5.74) is 5.29. The first-order chi connectivity index (χ1) is 24.9. The minimum absolute atomic E-state index is 0.00478. The summed E-state index contributed by atoms with van der Waals surface area (Å²) in [5.74, 6) is -2.72. The van der Waals surface area contributed by atoms with Gasteiger partial charge in [0, 0.05) is 33.2 Å². The molecule has 53 heavy (non-hydrogen) atoms. The van der Waals surface area contributed by atoms with Crippen LogP contribution < -0.4 is 16.4 Å². The Hall–Kier alpha value is -3.55. The maximum Gasteiger partial charge on any atom is 0.329 e. The number of esters is 1. The summed E-state index contributed by atoms with van der Waals surface area (Å²) in [7, 11) is 6.08. The van der Waals surface area contributed by atoms with E-state index in [1.54, 1.807) is 37.6 Å². The second-order valence-corrected chi connectivity index (χ2v) is 16.0. The van der Waals surface area contributed by atoms with Crippen LogP contribution in [0.4, 0.5) is 0 Å². The summed E-state index contributed by atoms with van der Waals surface area (Å²) in [4.78, 5) is 71.4. The van der Waals surface area contributed by atoms with Gasteiger partial charge in [-0.15, -0.1) is 0 Å². The molecule has 2 aliphatic rings. The van der Waals surface area contributed by atoms with Gasteiger partial charge in [-0.1, -0.05) is 71.4 Å². The van der Waals surface area contributed by atoms with Gasteiger partial charge in [0.05, 0.1) is 49.3 Å². The Morgan fingerprint density at radius 3 is 2.11 bits per heavy atom. The van der Waals surface area contributed by atoms with E-state index in [0.29, 0.717) is 19.4 Å². The lowest BCUT2D eigenvalue weighted by Gasteiger charge is -2.41. The first-order valence-corrected chi connectivity index (χ1v) is 19.0. The normalized spacial score (nSPS) is 20.7. The molecule has 4 amide bonds. The van der Waals surface area contributed by atoms with Crippen molar-refractivity contribution in [3.8, 4) is 0 Å². The first kappa shape index (κ1) is 43.9. The molecular formula is C40H65N5O8. The minimum atomic E-state index is -1.17. The number of nitrogens with one attached hydrogen (secondary N) is 2. The molecular weight excluding hydrogens is 678 g/mol. The van der Waals surface area contributed by atoms with Crippen molar-refractivity contribution in [1.82, 2.24) is 20.4 Å². The van der Waals surface area contributed by atoms with Crippen LogP contribution in [-0.4, -0.2) is 116 Å². The number of likely N-dealkylation sites (tertiary alicyclic amines) is 1. The Morgan fingerprint density at radius 2 is 1.62 bits per heavy atom. The van der Waals surface area contributed by atoms with Crippen molar-refractivity contribution >= 4 is 29.6 Å². The van der Waals surface area contributed by atoms with E-state index < -0.39 is 65.1 Å². The fourth-order valence-electron chi connectivity index (χ4n) is 7.83. The van der Waals surface area contributed by atoms with Gasteiger partial charge in [-0.2, -0.15) is 0 Å². The van der Waals surface area contributed by atoms with Crippen LogP contribution in [0.3, 0.4) is 0 Å². The lowest BCUT2D eigenvalue weighted by molar-refractivity contribution is -0.149. The number of benzene rings is 1. The average Bonchev–Trinajstić information content (AvgIpc) is 3.80. The maximum atomic E-state index is 14.2. The molecule has 8 atom stereocenters. The highest BCUT2D eigenvalue weighted by Gasteiger charge is 2.55. The number of amides is 4. The molecule has 1 aliphatic carbocycles. The number of carbonyl (C=O) groups excluding carboxylic acids is 5. The Kier molecular flexibility index (Phi) is 15.4. The van der Waals surface area contributed by atoms with E-state index in [-0.39, 0.29) is 36.0 Å². The zero-order valence-corrected chi connectivity index (χ0v) is 33.8. The van der Waals surface area contributed by atoms with Crippen LogP contribution in [0.5, 0.6) is 0 Å². The number of nitrogens with two attached hydrogens (primary N) is 1. The van der Waals surface area contributed by atoms with Gasteiger partial charge in [0.15, 0.2) is 0 Å². The third kappa shape index (κ3) is 10.2. The van der Waals surface area contributed by atoms with E-state index in [0.717, 1.165) is 24.8 Å². The summed E-state index contributed by atoms with van der Waals surface area (Å²) in [6.45, 7) is 13.2. The smallest absolute Gasteiger partial charge is 0.329 e. The van der Waals surface area contributed by atoms with Crippen LogP contribution in [0.2, 0.25) is 0 Å². The lowest BCUT2D eigenvalue weighted by atomic mass is 9.86. The van der Waals surface area contributed by atoms with Crippen LogP contribution in [0.1, 0.15) is 92.6 Å². The van der Waals surface area contributed by atoms with Gasteiger partial charge in [-0.3, -0.25) is 19.2 Å². The van der Waals surface area contributed by atoms with Gasteiger partial charge in [-0.05, 0) is 56.9 Å². The van der Waals surface area contributed by atoms with Crippen molar-refractivity contribution in [2.24, 2.45) is 23.5 Å². The SMILES string of the molecule is CC[C@H](C)[C@@H]([C@@H](CC(=O)N1CCC[C@H]1[C@H](OC)C(C)C(=O)N[C@H](C(=O)OC)C1(c2ccccc2)CC1)OC)N(C)C(=O)[C@@H](NC(=O)C(C)(C)N)C(C)C. The first-order valence-electron chi connectivity index (χ1n) is 19.0. The highest BCUT2D eigenvalue weighted by molar-refractivity contribution is 5.92. The third-order valence-electron chi connectivity index (χ3n) is 11.5. The van der Waals surface area contributed by atoms with E-state index in [4.69, 9.17) is 19.9 Å². The molecule has 0 aromatic heterocycles. The predicted octanol–water partition coefficient (Wildman–Crippen LogP) is 3.17. The van der Waals surface area contributed by atoms with Gasteiger partial charge in [-0.25, -0.2) is 4.79 Å². The van der Waals surface area contributed by atoms with E-state index in [9.17, 15) is 24.0 Å². The molecule has 3 rings (SSSR count). The summed E-state index contributed by atoms with van der Waals surface area (Å²) in [6.07, 6.45) is 2.24. The number of ether oxygens (including phenoxy) is 3. The number of hydrogen-bond donors (Lipinski definition) is 3. The maximum absolute atomic E-state index is 14.2. The molecule has 1 saturated carbocycles. The highest BCUT2D eigenvalue weighted by atomic mass is 16.5. The number of rotatable bonds is 19. The molecule has 0 radical (unpaired) electrons. The Bertz CT molecular complexity index is 1410. The molecule has 1 saturated heterocycles. The molecule has 1 heterocycles. The Labute approximate surface area is 316 Å². The fraction of sp³-hybridized carbons (Fsp3) is 0.725. The van der Waals surface area contributed by atoms with E-state index in [2.05, 4.69) is 10.6 Å². The van der Waals surface area contributed by atoms with Crippen LogP contribution in [0, 0.1) is 17.8 Å². The van der Waals surface area contributed by atoms with E-state index in [1.165, 1.54) is 21.3 Å². The molecule has 0 spiro atoms. The number of methoxy groups -OCH3 is 3. The summed E-state index contributed by atoms with van der Waals surface area (Å²) >= 11 is 0. The average molecular weight is 744 g/mol. The minimum Gasteiger partial charge on any atom is -0.467 e. The highest BCUT2D eigenvalue weighted by Crippen LogP contribution is 2.51. The molecule has 4 N–H and O–H groups in total. The van der Waals surface area contributed by atoms with Gasteiger partial charge >= 0.3 is 5.97 Å². The number of nitrogens with zero attached hydrogens (tertiary/aromatic N) is 2. The largest absolute Gasteiger partial charge is 0.467 e. The quantitative estimate of drug-likeness (QED) is 0.180. The van der Waals surface area contributed by atoms with Crippen LogP contribution in [0.15, 0.2) is 30.3 Å². The van der Waals surface area contributed by atoms with Crippen LogP contribution >= 0.6 is 0 Å². The van der Waals surface area contributed by atoms with E-state index in [1.807, 2.05) is 58.0 Å². The topological polar surface area (TPSA) is 170 Å². The number of carbonyl (C=O) groups is 5. The summed E-state index contributed by atoms with van der Waals surface area (Å²) in [6, 6.07) is 7.11. The third-order valence-corrected chi connectivity index (χ3v) is 11.5. The van der Waals surface area contributed by atoms with Crippen molar-refractivity contribution in [2.45, 2.75) is 134 Å². The number of hydrogen-bond acceptors (Lipinski definition) is 9. The molecule has 2 fully saturated rings.